The van der Waals surface area contributed by atoms with Gasteiger partial charge < -0.3 is 0 Å². The third kappa shape index (κ3) is 2.20. The van der Waals surface area contributed by atoms with Crippen molar-refractivity contribution >= 4 is 5.78 Å². The molecule has 1 rings (SSSR count). The van der Waals surface area contributed by atoms with Crippen LogP contribution in [0.25, 0.3) is 0 Å². The predicted molar refractivity (Wildman–Crippen MR) is 50.9 cm³/mol. The Morgan fingerprint density at radius 1 is 1.50 bits per heavy atom. The van der Waals surface area contributed by atoms with Crippen molar-refractivity contribution in [1.29, 1.82) is 0 Å². The fraction of sp³-hybridized carbons (Fsp3) is 0.727. The third-order valence-corrected chi connectivity index (χ3v) is 2.59. The largest absolute Gasteiger partial charge is 0.299 e. The maximum Gasteiger partial charge on any atom is 0.142 e. The van der Waals surface area contributed by atoms with Crippen molar-refractivity contribution in [1.82, 2.24) is 0 Å². The van der Waals surface area contributed by atoms with Crippen molar-refractivity contribution in [2.75, 3.05) is 0 Å². The van der Waals surface area contributed by atoms with E-state index in [9.17, 15) is 4.79 Å². The van der Waals surface area contributed by atoms with E-state index >= 15 is 0 Å². The highest BCUT2D eigenvalue weighted by molar-refractivity contribution is 5.86. The molecule has 2 atom stereocenters. The number of carbonyl (C=O) groups is 1. The molecule has 0 aromatic heterocycles. The molecule has 0 aromatic rings. The second-order valence-electron chi connectivity index (χ2n) is 3.70. The summed E-state index contributed by atoms with van der Waals surface area (Å²) in [4.78, 5) is 11.4. The van der Waals surface area contributed by atoms with Gasteiger partial charge in [-0.3, -0.25) is 4.79 Å². The molecule has 1 aliphatic carbocycles. The predicted octanol–water partition coefficient (Wildman–Crippen LogP) is 2.96. The fourth-order valence-corrected chi connectivity index (χ4v) is 1.70. The van der Waals surface area contributed by atoms with Crippen LogP contribution in [0.3, 0.4) is 0 Å². The number of rotatable bonds is 3. The lowest BCUT2D eigenvalue weighted by Gasteiger charge is -2.00. The van der Waals surface area contributed by atoms with E-state index in [2.05, 4.69) is 19.1 Å². The van der Waals surface area contributed by atoms with Gasteiger partial charge in [0, 0.05) is 11.8 Å². The molecule has 1 heteroatoms. The number of carbonyl (C=O) groups excluding carboxylic acids is 1. The zero-order chi connectivity index (χ0) is 8.97. The van der Waals surface area contributed by atoms with E-state index in [0.29, 0.717) is 11.7 Å². The summed E-state index contributed by atoms with van der Waals surface area (Å²) in [5.74, 6) is 0.996. The van der Waals surface area contributed by atoms with E-state index in [1.165, 1.54) is 6.42 Å². The smallest absolute Gasteiger partial charge is 0.142 e. The minimum absolute atomic E-state index is 0.242. The summed E-state index contributed by atoms with van der Waals surface area (Å²) >= 11 is 0. The molecule has 1 aliphatic rings. The molecule has 0 spiro atoms. The first-order valence-electron chi connectivity index (χ1n) is 4.96. The Balaban J connectivity index is 2.39. The molecule has 0 N–H and O–H groups in total. The van der Waals surface area contributed by atoms with Gasteiger partial charge in [-0.1, -0.05) is 32.4 Å². The number of hydrogen-bond acceptors (Lipinski definition) is 1. The molecule has 0 radical (unpaired) electrons. The zero-order valence-electron chi connectivity index (χ0n) is 8.05. The molecule has 0 heterocycles. The van der Waals surface area contributed by atoms with Crippen LogP contribution in [0.2, 0.25) is 0 Å². The zero-order valence-corrected chi connectivity index (χ0v) is 8.05. The summed E-state index contributed by atoms with van der Waals surface area (Å²) in [6.45, 7) is 4.19. The van der Waals surface area contributed by atoms with Crippen molar-refractivity contribution in [2.45, 2.75) is 39.5 Å². The van der Waals surface area contributed by atoms with Gasteiger partial charge in [0.2, 0.25) is 0 Å². The number of hydrogen-bond donors (Lipinski definition) is 0. The van der Waals surface area contributed by atoms with Crippen LogP contribution in [-0.4, -0.2) is 5.78 Å². The topological polar surface area (TPSA) is 17.1 Å². The van der Waals surface area contributed by atoms with Gasteiger partial charge in [-0.15, -0.1) is 0 Å². The van der Waals surface area contributed by atoms with E-state index in [1.54, 1.807) is 0 Å². The number of Topliss-reactive ketones (excluding diaryl/α,β-unsaturated/α-hetero) is 1. The maximum atomic E-state index is 11.4. The molecule has 0 saturated heterocycles. The van der Waals surface area contributed by atoms with Gasteiger partial charge in [0.15, 0.2) is 0 Å². The Labute approximate surface area is 74.9 Å². The lowest BCUT2D eigenvalue weighted by molar-refractivity contribution is -0.122. The lowest BCUT2D eigenvalue weighted by atomic mass is 10.0. The van der Waals surface area contributed by atoms with Gasteiger partial charge in [0.25, 0.3) is 0 Å². The van der Waals surface area contributed by atoms with Crippen LogP contribution in [0.15, 0.2) is 12.2 Å². The summed E-state index contributed by atoms with van der Waals surface area (Å²) in [5, 5.41) is 0. The monoisotopic (exact) mass is 166 g/mol. The molecular weight excluding hydrogens is 148 g/mol. The SMILES string of the molecule is CCCC=CC1CCC(C)C1=O. The van der Waals surface area contributed by atoms with Crippen molar-refractivity contribution in [3.8, 4) is 0 Å². The van der Waals surface area contributed by atoms with Crippen molar-refractivity contribution in [2.24, 2.45) is 11.8 Å². The van der Waals surface area contributed by atoms with Gasteiger partial charge in [-0.25, -0.2) is 0 Å². The van der Waals surface area contributed by atoms with Crippen molar-refractivity contribution in [3.63, 3.8) is 0 Å². The molecule has 0 amide bonds. The molecule has 1 fully saturated rings. The highest BCUT2D eigenvalue weighted by Crippen LogP contribution is 2.27. The van der Waals surface area contributed by atoms with Crippen LogP contribution in [0.1, 0.15) is 39.5 Å². The summed E-state index contributed by atoms with van der Waals surface area (Å²) in [7, 11) is 0. The second kappa shape index (κ2) is 4.44. The minimum atomic E-state index is 0.242. The van der Waals surface area contributed by atoms with E-state index in [4.69, 9.17) is 0 Å². The average Bonchev–Trinajstić information content (AvgIpc) is 2.36. The van der Waals surface area contributed by atoms with Crippen LogP contribution in [0.5, 0.6) is 0 Å². The van der Waals surface area contributed by atoms with Gasteiger partial charge >= 0.3 is 0 Å². The second-order valence-corrected chi connectivity index (χ2v) is 3.70. The molecule has 1 saturated carbocycles. The molecule has 2 unspecified atom stereocenters. The molecule has 68 valence electrons. The number of ketones is 1. The van der Waals surface area contributed by atoms with E-state index in [1.807, 2.05) is 6.92 Å². The fourth-order valence-electron chi connectivity index (χ4n) is 1.70. The van der Waals surface area contributed by atoms with Gasteiger partial charge in [0.05, 0.1) is 0 Å². The van der Waals surface area contributed by atoms with Crippen molar-refractivity contribution < 1.29 is 4.79 Å². The van der Waals surface area contributed by atoms with Crippen molar-refractivity contribution in [3.05, 3.63) is 12.2 Å². The first-order valence-corrected chi connectivity index (χ1v) is 4.96. The van der Waals surface area contributed by atoms with Crippen LogP contribution < -0.4 is 0 Å². The molecule has 0 aliphatic heterocycles. The summed E-state index contributed by atoms with van der Waals surface area (Å²) < 4.78 is 0. The van der Waals surface area contributed by atoms with E-state index in [-0.39, 0.29) is 5.92 Å². The molecule has 0 bridgehead atoms. The Hall–Kier alpha value is -0.590. The molecule has 1 nitrogen and oxygen atoms in total. The van der Waals surface area contributed by atoms with Gasteiger partial charge in [-0.05, 0) is 19.3 Å². The standard InChI is InChI=1S/C11H18O/c1-3-4-5-6-10-8-7-9(2)11(10)12/h5-6,9-10H,3-4,7-8H2,1-2H3. The van der Waals surface area contributed by atoms with Gasteiger partial charge in [0.1, 0.15) is 5.78 Å². The molecule has 0 aromatic carbocycles. The highest BCUT2D eigenvalue weighted by Gasteiger charge is 2.28. The number of unbranched alkanes of at least 4 members (excludes halogenated alkanes) is 1. The first-order chi connectivity index (χ1) is 5.75. The maximum absolute atomic E-state index is 11.4. The normalized spacial score (nSPS) is 30.3. The Bertz CT molecular complexity index is 181. The van der Waals surface area contributed by atoms with E-state index in [0.717, 1.165) is 19.3 Å². The van der Waals surface area contributed by atoms with Crippen LogP contribution >= 0.6 is 0 Å². The molecule has 12 heavy (non-hydrogen) atoms. The minimum Gasteiger partial charge on any atom is -0.299 e. The lowest BCUT2D eigenvalue weighted by Crippen LogP contribution is -2.08. The highest BCUT2D eigenvalue weighted by atomic mass is 16.1. The third-order valence-electron chi connectivity index (χ3n) is 2.59. The Kier molecular flexibility index (Phi) is 3.51. The molecular formula is C11H18O. The summed E-state index contributed by atoms with van der Waals surface area (Å²) in [6.07, 6.45) is 8.70. The van der Waals surface area contributed by atoms with Crippen LogP contribution in [0, 0.1) is 11.8 Å². The first kappa shape index (κ1) is 9.50. The summed E-state index contributed by atoms with van der Waals surface area (Å²) in [5.41, 5.74) is 0. The number of allylic oxidation sites excluding steroid dienone is 2. The van der Waals surface area contributed by atoms with Crippen LogP contribution in [0.4, 0.5) is 0 Å². The van der Waals surface area contributed by atoms with Crippen LogP contribution in [-0.2, 0) is 4.79 Å². The van der Waals surface area contributed by atoms with E-state index < -0.39 is 0 Å². The quantitative estimate of drug-likeness (QED) is 0.589. The van der Waals surface area contributed by atoms with Gasteiger partial charge in [-0.2, -0.15) is 0 Å². The Morgan fingerprint density at radius 2 is 2.25 bits per heavy atom. The Morgan fingerprint density at radius 3 is 2.75 bits per heavy atom. The average molecular weight is 166 g/mol. The summed E-state index contributed by atoms with van der Waals surface area (Å²) in [6, 6.07) is 0.